The molecule has 4 rings (SSSR count). The van der Waals surface area contributed by atoms with Crippen molar-refractivity contribution in [2.75, 3.05) is 11.4 Å². The first kappa shape index (κ1) is 18.5. The lowest BCUT2D eigenvalue weighted by atomic mass is 9.74. The van der Waals surface area contributed by atoms with Crippen LogP contribution in [0.4, 0.5) is 11.4 Å². The standard InChI is InChI=1S/C21H20ClN3O3/c1-20(2)16-5-3-4-6-18(16)24-12-10-19(26)23-21(20,24)11-9-14-13-15(25(27)28)7-8-17(14)22/h3-9,11,13H,10,12H2,1-2H3,(H,23,26)/b11-9+/t21-/m0/s1. The van der Waals surface area contributed by atoms with Crippen LogP contribution in [0.25, 0.3) is 6.08 Å². The number of nitrogens with one attached hydrogen (secondary N) is 1. The fourth-order valence-electron chi connectivity index (χ4n) is 4.30. The Labute approximate surface area is 167 Å². The van der Waals surface area contributed by atoms with E-state index in [1.165, 1.54) is 18.2 Å². The summed E-state index contributed by atoms with van der Waals surface area (Å²) < 4.78 is 0. The molecule has 0 radical (unpaired) electrons. The molecule has 0 aromatic heterocycles. The van der Waals surface area contributed by atoms with Gasteiger partial charge in [-0.3, -0.25) is 14.9 Å². The number of nitrogens with zero attached hydrogens (tertiary/aromatic N) is 2. The molecule has 0 unspecified atom stereocenters. The van der Waals surface area contributed by atoms with E-state index >= 15 is 0 Å². The minimum Gasteiger partial charge on any atom is -0.344 e. The van der Waals surface area contributed by atoms with E-state index in [0.717, 1.165) is 11.3 Å². The topological polar surface area (TPSA) is 75.5 Å². The van der Waals surface area contributed by atoms with Crippen molar-refractivity contribution in [3.8, 4) is 0 Å². The molecule has 0 saturated carbocycles. The summed E-state index contributed by atoms with van der Waals surface area (Å²) in [6.45, 7) is 4.78. The van der Waals surface area contributed by atoms with E-state index in [0.29, 0.717) is 23.6 Å². The number of nitro groups is 1. The highest BCUT2D eigenvalue weighted by Crippen LogP contribution is 2.52. The number of non-ortho nitro benzene ring substituents is 1. The molecule has 1 fully saturated rings. The number of fused-ring (bicyclic) bond motifs is 3. The van der Waals surface area contributed by atoms with Gasteiger partial charge in [-0.15, -0.1) is 0 Å². The zero-order valence-electron chi connectivity index (χ0n) is 15.6. The van der Waals surface area contributed by atoms with Gasteiger partial charge in [-0.2, -0.15) is 0 Å². The van der Waals surface area contributed by atoms with Crippen LogP contribution in [0.15, 0.2) is 48.5 Å². The zero-order valence-corrected chi connectivity index (χ0v) is 16.4. The molecule has 2 aliphatic heterocycles. The average Bonchev–Trinajstić information content (AvgIpc) is 2.85. The van der Waals surface area contributed by atoms with Gasteiger partial charge in [0.25, 0.3) is 5.69 Å². The third-order valence-electron chi connectivity index (χ3n) is 5.83. The lowest BCUT2D eigenvalue weighted by Gasteiger charge is -2.49. The van der Waals surface area contributed by atoms with Crippen LogP contribution in [0.3, 0.4) is 0 Å². The molecule has 7 heteroatoms. The second kappa shape index (κ2) is 6.34. The maximum absolute atomic E-state index is 12.4. The molecule has 2 aromatic carbocycles. The van der Waals surface area contributed by atoms with Gasteiger partial charge in [-0.25, -0.2) is 0 Å². The number of rotatable bonds is 3. The lowest BCUT2D eigenvalue weighted by Crippen LogP contribution is -2.68. The number of halogens is 1. The summed E-state index contributed by atoms with van der Waals surface area (Å²) in [7, 11) is 0. The highest BCUT2D eigenvalue weighted by atomic mass is 35.5. The van der Waals surface area contributed by atoms with E-state index in [-0.39, 0.29) is 11.6 Å². The normalized spacial score (nSPS) is 22.7. The number of hydrogen-bond acceptors (Lipinski definition) is 4. The van der Waals surface area contributed by atoms with Gasteiger partial charge in [0, 0.05) is 41.2 Å². The maximum atomic E-state index is 12.4. The fourth-order valence-corrected chi connectivity index (χ4v) is 4.48. The van der Waals surface area contributed by atoms with Gasteiger partial charge in [-0.1, -0.05) is 49.7 Å². The predicted octanol–water partition coefficient (Wildman–Crippen LogP) is 4.28. The minimum atomic E-state index is -0.778. The Morgan fingerprint density at radius 3 is 2.75 bits per heavy atom. The number of benzene rings is 2. The Balaban J connectivity index is 1.84. The van der Waals surface area contributed by atoms with E-state index in [9.17, 15) is 14.9 Å². The van der Waals surface area contributed by atoms with Crippen molar-refractivity contribution >= 4 is 35.0 Å². The fraction of sp³-hybridized carbons (Fsp3) is 0.286. The summed E-state index contributed by atoms with van der Waals surface area (Å²) >= 11 is 6.27. The van der Waals surface area contributed by atoms with Crippen LogP contribution in [-0.2, 0) is 10.2 Å². The summed E-state index contributed by atoms with van der Waals surface area (Å²) in [5.41, 5.74) is 1.55. The third-order valence-corrected chi connectivity index (χ3v) is 6.18. The first-order chi connectivity index (χ1) is 13.3. The molecule has 0 bridgehead atoms. The Hall–Kier alpha value is -2.86. The molecule has 2 heterocycles. The molecular weight excluding hydrogens is 378 g/mol. The minimum absolute atomic E-state index is 0.0214. The largest absolute Gasteiger partial charge is 0.344 e. The maximum Gasteiger partial charge on any atom is 0.270 e. The van der Waals surface area contributed by atoms with Crippen molar-refractivity contribution in [2.45, 2.75) is 31.3 Å². The first-order valence-corrected chi connectivity index (χ1v) is 9.45. The van der Waals surface area contributed by atoms with Crippen molar-refractivity contribution in [3.63, 3.8) is 0 Å². The van der Waals surface area contributed by atoms with Crippen LogP contribution in [0.5, 0.6) is 0 Å². The van der Waals surface area contributed by atoms with Gasteiger partial charge in [0.2, 0.25) is 5.91 Å². The zero-order chi connectivity index (χ0) is 20.1. The lowest BCUT2D eigenvalue weighted by molar-refractivity contribution is -0.384. The highest BCUT2D eigenvalue weighted by Gasteiger charge is 2.57. The molecule has 6 nitrogen and oxygen atoms in total. The van der Waals surface area contributed by atoms with Gasteiger partial charge in [0.1, 0.15) is 5.66 Å². The molecule has 2 aromatic rings. The molecule has 1 N–H and O–H groups in total. The number of carbonyl (C=O) groups is 1. The van der Waals surface area contributed by atoms with Crippen LogP contribution in [0.1, 0.15) is 31.4 Å². The van der Waals surface area contributed by atoms with E-state index in [4.69, 9.17) is 11.6 Å². The van der Waals surface area contributed by atoms with Crippen molar-refractivity contribution in [1.29, 1.82) is 0 Å². The smallest absolute Gasteiger partial charge is 0.270 e. The molecule has 28 heavy (non-hydrogen) atoms. The number of amides is 1. The summed E-state index contributed by atoms with van der Waals surface area (Å²) in [5, 5.41) is 14.7. The second-order valence-corrected chi connectivity index (χ2v) is 8.06. The average molecular weight is 398 g/mol. The van der Waals surface area contributed by atoms with Gasteiger partial charge in [0.05, 0.1) is 4.92 Å². The van der Waals surface area contributed by atoms with Crippen molar-refractivity contribution in [3.05, 3.63) is 74.8 Å². The van der Waals surface area contributed by atoms with Crippen molar-refractivity contribution < 1.29 is 9.72 Å². The Bertz CT molecular complexity index is 1020. The molecule has 1 saturated heterocycles. The SMILES string of the molecule is CC1(C)c2ccccc2N2CCC(=O)N[C@@]21/C=C/c1cc([N+](=O)[O-])ccc1Cl. The number of carbonyl (C=O) groups excluding carboxylic acids is 1. The molecule has 0 aliphatic carbocycles. The van der Waals surface area contributed by atoms with E-state index in [1.807, 2.05) is 18.2 Å². The van der Waals surface area contributed by atoms with E-state index in [1.54, 1.807) is 6.08 Å². The summed E-state index contributed by atoms with van der Waals surface area (Å²) in [6, 6.07) is 12.5. The summed E-state index contributed by atoms with van der Waals surface area (Å²) in [4.78, 5) is 25.3. The molecule has 1 atom stereocenters. The van der Waals surface area contributed by atoms with E-state index in [2.05, 4.69) is 36.2 Å². The van der Waals surface area contributed by atoms with Crippen LogP contribution in [-0.4, -0.2) is 23.0 Å². The van der Waals surface area contributed by atoms with Crippen LogP contribution in [0, 0.1) is 10.1 Å². The van der Waals surface area contributed by atoms with Gasteiger partial charge < -0.3 is 10.2 Å². The summed E-state index contributed by atoms with van der Waals surface area (Å²) in [5.74, 6) is -0.0214. The number of nitro benzene ring substituents is 1. The predicted molar refractivity (Wildman–Crippen MR) is 109 cm³/mol. The quantitative estimate of drug-likeness (QED) is 0.619. The Kier molecular flexibility index (Phi) is 4.19. The summed E-state index contributed by atoms with van der Waals surface area (Å²) in [6.07, 6.45) is 4.09. The van der Waals surface area contributed by atoms with Crippen molar-refractivity contribution in [2.24, 2.45) is 0 Å². The van der Waals surface area contributed by atoms with Crippen molar-refractivity contribution in [1.82, 2.24) is 5.32 Å². The number of anilines is 1. The van der Waals surface area contributed by atoms with Gasteiger partial charge in [-0.05, 0) is 29.3 Å². The highest BCUT2D eigenvalue weighted by molar-refractivity contribution is 6.32. The molecule has 0 spiro atoms. The number of para-hydroxylation sites is 1. The Morgan fingerprint density at radius 2 is 2.00 bits per heavy atom. The van der Waals surface area contributed by atoms with Crippen LogP contribution in [0.2, 0.25) is 5.02 Å². The van der Waals surface area contributed by atoms with E-state index < -0.39 is 16.0 Å². The molecule has 144 valence electrons. The third kappa shape index (κ3) is 2.59. The van der Waals surface area contributed by atoms with Gasteiger partial charge >= 0.3 is 0 Å². The molecule has 1 amide bonds. The van der Waals surface area contributed by atoms with Crippen LogP contribution >= 0.6 is 11.6 Å². The molecular formula is C21H20ClN3O3. The first-order valence-electron chi connectivity index (χ1n) is 9.07. The monoisotopic (exact) mass is 397 g/mol. The van der Waals surface area contributed by atoms with Gasteiger partial charge in [0.15, 0.2) is 0 Å². The number of hydrogen-bond donors (Lipinski definition) is 1. The van der Waals surface area contributed by atoms with Crippen LogP contribution < -0.4 is 10.2 Å². The Morgan fingerprint density at radius 1 is 1.25 bits per heavy atom. The second-order valence-electron chi connectivity index (χ2n) is 7.65. The molecule has 2 aliphatic rings.